The van der Waals surface area contributed by atoms with E-state index in [1.54, 1.807) is 0 Å². The zero-order chi connectivity index (χ0) is 17.4. The number of thiazole rings is 1. The monoisotopic (exact) mass is 355 g/mol. The second-order valence-electron chi connectivity index (χ2n) is 6.67. The molecule has 2 aromatic heterocycles. The normalized spacial score (nSPS) is 16.0. The number of carbonyl (C=O) groups excluding carboxylic acids is 1. The van der Waals surface area contributed by atoms with Gasteiger partial charge in [0.15, 0.2) is 10.8 Å². The summed E-state index contributed by atoms with van der Waals surface area (Å²) in [6, 6.07) is 10.4. The summed E-state index contributed by atoms with van der Waals surface area (Å²) in [6.45, 7) is 1.58. The number of piperidine rings is 1. The lowest BCUT2D eigenvalue weighted by atomic mass is 10.0. The van der Waals surface area contributed by atoms with Crippen LogP contribution in [0.15, 0.2) is 40.1 Å². The van der Waals surface area contributed by atoms with Gasteiger partial charge >= 0.3 is 0 Å². The number of hydrogen-bond donors (Lipinski definition) is 0. The second-order valence-corrected chi connectivity index (χ2v) is 7.53. The van der Waals surface area contributed by atoms with Crippen molar-refractivity contribution in [3.8, 4) is 10.8 Å². The van der Waals surface area contributed by atoms with Crippen LogP contribution in [0, 0.1) is 0 Å². The van der Waals surface area contributed by atoms with Gasteiger partial charge in [-0.2, -0.15) is 0 Å². The molecule has 0 saturated carbocycles. The summed E-state index contributed by atoms with van der Waals surface area (Å²) >= 11 is 1.46. The first kappa shape index (κ1) is 16.3. The van der Waals surface area contributed by atoms with Gasteiger partial charge in [0, 0.05) is 29.9 Å². The zero-order valence-electron chi connectivity index (χ0n) is 14.4. The predicted molar refractivity (Wildman–Crippen MR) is 99.9 cm³/mol. The molecular weight excluding hydrogens is 334 g/mol. The molecule has 0 unspecified atom stereocenters. The van der Waals surface area contributed by atoms with E-state index in [1.807, 2.05) is 40.6 Å². The molecule has 130 valence electrons. The van der Waals surface area contributed by atoms with Crippen molar-refractivity contribution in [3.05, 3.63) is 41.4 Å². The molecule has 25 heavy (non-hydrogen) atoms. The van der Waals surface area contributed by atoms with Crippen molar-refractivity contribution in [2.24, 2.45) is 0 Å². The zero-order valence-corrected chi connectivity index (χ0v) is 15.3. The van der Waals surface area contributed by atoms with Gasteiger partial charge in [-0.1, -0.05) is 18.2 Å². The molecule has 3 aromatic rings. The Morgan fingerprint density at radius 1 is 1.28 bits per heavy atom. The molecule has 5 nitrogen and oxygen atoms in total. The number of nitrogens with zero attached hydrogens (tertiary/aromatic N) is 3. The number of fused-ring (bicyclic) bond motifs is 1. The number of likely N-dealkylation sites (tertiary alicyclic amines) is 1. The molecule has 4 rings (SSSR count). The molecule has 1 aromatic carbocycles. The third-order valence-electron chi connectivity index (χ3n) is 4.84. The van der Waals surface area contributed by atoms with Gasteiger partial charge in [-0.3, -0.25) is 4.79 Å². The molecule has 1 aliphatic heterocycles. The van der Waals surface area contributed by atoms with Crippen LogP contribution in [0.1, 0.15) is 23.3 Å². The first-order chi connectivity index (χ1) is 12.1. The molecule has 0 atom stereocenters. The van der Waals surface area contributed by atoms with E-state index in [0.717, 1.165) is 47.7 Å². The molecule has 1 fully saturated rings. The van der Waals surface area contributed by atoms with Crippen molar-refractivity contribution in [3.63, 3.8) is 0 Å². The fourth-order valence-electron chi connectivity index (χ4n) is 3.32. The Morgan fingerprint density at radius 2 is 2.04 bits per heavy atom. The van der Waals surface area contributed by atoms with Crippen molar-refractivity contribution < 1.29 is 9.21 Å². The quantitative estimate of drug-likeness (QED) is 0.718. The average molecular weight is 355 g/mol. The molecule has 0 aliphatic carbocycles. The van der Waals surface area contributed by atoms with Crippen LogP contribution >= 0.6 is 11.3 Å². The van der Waals surface area contributed by atoms with Crippen molar-refractivity contribution >= 4 is 28.2 Å². The van der Waals surface area contributed by atoms with Crippen molar-refractivity contribution in [1.29, 1.82) is 0 Å². The molecule has 0 N–H and O–H groups in total. The second kappa shape index (κ2) is 6.61. The summed E-state index contributed by atoms with van der Waals surface area (Å²) in [7, 11) is 4.20. The van der Waals surface area contributed by atoms with E-state index in [2.05, 4.69) is 24.0 Å². The molecule has 1 aliphatic rings. The van der Waals surface area contributed by atoms with Crippen molar-refractivity contribution in [2.45, 2.75) is 18.9 Å². The molecule has 1 amide bonds. The summed E-state index contributed by atoms with van der Waals surface area (Å²) in [5, 5.41) is 3.64. The van der Waals surface area contributed by atoms with Gasteiger partial charge < -0.3 is 14.2 Å². The number of furan rings is 1. The highest BCUT2D eigenvalue weighted by Crippen LogP contribution is 2.30. The minimum Gasteiger partial charge on any atom is -0.454 e. The van der Waals surface area contributed by atoms with E-state index >= 15 is 0 Å². The van der Waals surface area contributed by atoms with Gasteiger partial charge in [0.2, 0.25) is 0 Å². The van der Waals surface area contributed by atoms with E-state index in [-0.39, 0.29) is 5.91 Å². The smallest absolute Gasteiger partial charge is 0.273 e. The van der Waals surface area contributed by atoms with E-state index < -0.39 is 0 Å². The summed E-state index contributed by atoms with van der Waals surface area (Å²) in [6.07, 6.45) is 2.03. The third-order valence-corrected chi connectivity index (χ3v) is 5.70. The van der Waals surface area contributed by atoms with Crippen LogP contribution in [-0.2, 0) is 0 Å². The van der Waals surface area contributed by atoms with Gasteiger partial charge in [-0.05, 0) is 39.1 Å². The fraction of sp³-hybridized carbons (Fsp3) is 0.368. The van der Waals surface area contributed by atoms with Crippen LogP contribution in [0.5, 0.6) is 0 Å². The topological polar surface area (TPSA) is 49.6 Å². The highest BCUT2D eigenvalue weighted by molar-refractivity contribution is 7.13. The largest absolute Gasteiger partial charge is 0.454 e. The minimum absolute atomic E-state index is 0.0239. The highest BCUT2D eigenvalue weighted by Gasteiger charge is 2.26. The standard InChI is InChI=1S/C19H21N3O2S/c1-21(2)14-7-9-22(10-8-14)19(23)15-12-25-18(20-15)17-11-13-5-3-4-6-16(13)24-17/h3-6,11-12,14H,7-10H2,1-2H3. The Balaban J connectivity index is 1.50. The van der Waals surface area contributed by atoms with E-state index in [9.17, 15) is 4.79 Å². The maximum atomic E-state index is 12.7. The summed E-state index contributed by atoms with van der Waals surface area (Å²) < 4.78 is 5.85. The molecule has 3 heterocycles. The molecule has 0 spiro atoms. The summed E-state index contributed by atoms with van der Waals surface area (Å²) in [5.41, 5.74) is 1.36. The van der Waals surface area contributed by atoms with Crippen LogP contribution in [0.3, 0.4) is 0 Å². The third kappa shape index (κ3) is 3.19. The Kier molecular flexibility index (Phi) is 4.31. The molecule has 1 saturated heterocycles. The Labute approximate surface area is 150 Å². The number of aromatic nitrogens is 1. The van der Waals surface area contributed by atoms with Crippen molar-refractivity contribution in [2.75, 3.05) is 27.2 Å². The Morgan fingerprint density at radius 3 is 2.76 bits per heavy atom. The lowest BCUT2D eigenvalue weighted by Gasteiger charge is -2.34. The molecule has 0 radical (unpaired) electrons. The van der Waals surface area contributed by atoms with Gasteiger partial charge in [-0.25, -0.2) is 4.98 Å². The number of rotatable bonds is 3. The van der Waals surface area contributed by atoms with E-state index in [1.165, 1.54) is 11.3 Å². The van der Waals surface area contributed by atoms with Crippen LogP contribution in [0.4, 0.5) is 0 Å². The number of hydrogen-bond acceptors (Lipinski definition) is 5. The van der Waals surface area contributed by atoms with Gasteiger partial charge in [0.25, 0.3) is 5.91 Å². The molecule has 6 heteroatoms. The number of para-hydroxylation sites is 1. The Hall–Kier alpha value is -2.18. The van der Waals surface area contributed by atoms with Crippen molar-refractivity contribution in [1.82, 2.24) is 14.8 Å². The lowest BCUT2D eigenvalue weighted by molar-refractivity contribution is 0.0658. The highest BCUT2D eigenvalue weighted by atomic mass is 32.1. The lowest BCUT2D eigenvalue weighted by Crippen LogP contribution is -2.44. The van der Waals surface area contributed by atoms with Crippen LogP contribution in [0.25, 0.3) is 21.7 Å². The summed E-state index contributed by atoms with van der Waals surface area (Å²) in [5.74, 6) is 0.743. The van der Waals surface area contributed by atoms with Gasteiger partial charge in [-0.15, -0.1) is 11.3 Å². The Bertz CT molecular complexity index is 858. The van der Waals surface area contributed by atoms with Gasteiger partial charge in [0.1, 0.15) is 11.3 Å². The molecular formula is C19H21N3O2S. The molecule has 0 bridgehead atoms. The van der Waals surface area contributed by atoms with Crippen LogP contribution < -0.4 is 0 Å². The van der Waals surface area contributed by atoms with Crippen LogP contribution in [0.2, 0.25) is 0 Å². The first-order valence-electron chi connectivity index (χ1n) is 8.52. The fourth-order valence-corrected chi connectivity index (χ4v) is 4.06. The van der Waals surface area contributed by atoms with Gasteiger partial charge in [0.05, 0.1) is 0 Å². The number of amides is 1. The number of benzene rings is 1. The average Bonchev–Trinajstić information content (AvgIpc) is 3.27. The maximum Gasteiger partial charge on any atom is 0.273 e. The minimum atomic E-state index is 0.0239. The first-order valence-corrected chi connectivity index (χ1v) is 9.40. The van der Waals surface area contributed by atoms with E-state index in [4.69, 9.17) is 4.42 Å². The SMILES string of the molecule is CN(C)C1CCN(C(=O)c2csc(-c3cc4ccccc4o3)n2)CC1. The van der Waals surface area contributed by atoms with E-state index in [0.29, 0.717) is 11.7 Å². The van der Waals surface area contributed by atoms with Crippen LogP contribution in [-0.4, -0.2) is 53.9 Å². The number of carbonyl (C=O) groups is 1. The summed E-state index contributed by atoms with van der Waals surface area (Å²) in [4.78, 5) is 21.4. The predicted octanol–water partition coefficient (Wildman–Crippen LogP) is 3.72. The maximum absolute atomic E-state index is 12.7.